The van der Waals surface area contributed by atoms with Crippen LogP contribution in [0.5, 0.6) is 0 Å². The van der Waals surface area contributed by atoms with Gasteiger partial charge in [0.05, 0.1) is 11.4 Å². The van der Waals surface area contributed by atoms with E-state index in [4.69, 9.17) is 23.2 Å². The van der Waals surface area contributed by atoms with Gasteiger partial charge in [-0.2, -0.15) is 9.36 Å². The summed E-state index contributed by atoms with van der Waals surface area (Å²) in [6, 6.07) is 23.0. The standard InChI is InChI=1S/C27H24Cl2N4O4/c1-26(2,3)22(34)27(29,23(35)30-19-12-10-11-18(28)17-19)31-24(36)32(20-13-6-4-7-14-20)33(25(31)37)21-15-8-5-9-16-21/h4-17H,1-3H3,(H,30,35). The summed E-state index contributed by atoms with van der Waals surface area (Å²) < 4.78 is 2.66. The van der Waals surface area contributed by atoms with E-state index in [-0.39, 0.29) is 5.69 Å². The Labute approximate surface area is 222 Å². The van der Waals surface area contributed by atoms with E-state index in [1.165, 1.54) is 6.07 Å². The van der Waals surface area contributed by atoms with Gasteiger partial charge in [0.2, 0.25) is 0 Å². The van der Waals surface area contributed by atoms with Gasteiger partial charge < -0.3 is 5.32 Å². The van der Waals surface area contributed by atoms with Gasteiger partial charge >= 0.3 is 11.4 Å². The minimum Gasteiger partial charge on any atom is -0.322 e. The zero-order valence-electron chi connectivity index (χ0n) is 20.3. The van der Waals surface area contributed by atoms with Crippen LogP contribution in [0.25, 0.3) is 11.4 Å². The van der Waals surface area contributed by atoms with Gasteiger partial charge in [-0.3, -0.25) is 9.59 Å². The van der Waals surface area contributed by atoms with Gasteiger partial charge in [-0.05, 0) is 42.5 Å². The number of carbonyl (C=O) groups excluding carboxylic acids is 2. The van der Waals surface area contributed by atoms with Crippen LogP contribution >= 0.6 is 23.2 Å². The number of anilines is 1. The third-order valence-electron chi connectivity index (χ3n) is 5.62. The molecule has 1 aromatic heterocycles. The largest absolute Gasteiger partial charge is 0.354 e. The molecule has 1 atom stereocenters. The van der Waals surface area contributed by atoms with E-state index in [2.05, 4.69) is 5.32 Å². The topological polar surface area (TPSA) is 95.1 Å². The Hall–Kier alpha value is -3.88. The Morgan fingerprint density at radius 2 is 1.24 bits per heavy atom. The zero-order valence-corrected chi connectivity index (χ0v) is 21.8. The van der Waals surface area contributed by atoms with Crippen LogP contribution in [0.15, 0.2) is 94.5 Å². The van der Waals surface area contributed by atoms with Crippen molar-refractivity contribution < 1.29 is 9.59 Å². The number of Topliss-reactive ketones (excluding diaryl/α,β-unsaturated/α-hetero) is 1. The number of aromatic nitrogens is 3. The second-order valence-corrected chi connectivity index (χ2v) is 10.3. The van der Waals surface area contributed by atoms with Gasteiger partial charge in [-0.25, -0.2) is 14.2 Å². The lowest BCUT2D eigenvalue weighted by Gasteiger charge is -2.30. The summed E-state index contributed by atoms with van der Waals surface area (Å²) in [5, 5.41) is 2.88. The maximum absolute atomic E-state index is 13.9. The molecule has 0 aliphatic heterocycles. The van der Waals surface area contributed by atoms with Gasteiger partial charge in [0.1, 0.15) is 0 Å². The van der Waals surface area contributed by atoms with Crippen LogP contribution in [0.2, 0.25) is 5.02 Å². The van der Waals surface area contributed by atoms with Crippen LogP contribution in [-0.4, -0.2) is 25.6 Å². The van der Waals surface area contributed by atoms with E-state index in [0.29, 0.717) is 21.0 Å². The molecule has 8 nitrogen and oxygen atoms in total. The SMILES string of the molecule is CC(C)(C)C(=O)C(Cl)(C(=O)Nc1cccc(Cl)c1)n1c(=O)n(-c2ccccc2)n(-c2ccccc2)c1=O. The summed E-state index contributed by atoms with van der Waals surface area (Å²) in [5.74, 6) is -1.91. The molecule has 0 saturated heterocycles. The van der Waals surface area contributed by atoms with E-state index in [0.717, 1.165) is 9.36 Å². The van der Waals surface area contributed by atoms with Crippen molar-refractivity contribution in [3.8, 4) is 11.4 Å². The molecule has 0 fully saturated rings. The highest BCUT2D eigenvalue weighted by molar-refractivity contribution is 6.45. The molecule has 0 bridgehead atoms. The number of benzene rings is 3. The number of amides is 1. The number of nitrogens with zero attached hydrogens (tertiary/aromatic N) is 3. The fourth-order valence-corrected chi connectivity index (χ4v) is 4.55. The number of para-hydroxylation sites is 2. The zero-order chi connectivity index (χ0) is 27.0. The number of rotatable bonds is 6. The van der Waals surface area contributed by atoms with Crippen LogP contribution in [0.1, 0.15) is 20.8 Å². The number of nitrogens with one attached hydrogen (secondary N) is 1. The number of hydrogen-bond acceptors (Lipinski definition) is 4. The van der Waals surface area contributed by atoms with Crippen LogP contribution in [0.4, 0.5) is 5.69 Å². The first-order valence-corrected chi connectivity index (χ1v) is 12.1. The monoisotopic (exact) mass is 538 g/mol. The highest BCUT2D eigenvalue weighted by atomic mass is 35.5. The number of alkyl halides is 1. The number of hydrogen-bond donors (Lipinski definition) is 1. The lowest BCUT2D eigenvalue weighted by molar-refractivity contribution is -0.138. The molecular formula is C27H24Cl2N4O4. The summed E-state index contributed by atoms with van der Waals surface area (Å²) in [5.41, 5.74) is -2.22. The van der Waals surface area contributed by atoms with Crippen molar-refractivity contribution in [1.29, 1.82) is 0 Å². The second-order valence-electron chi connectivity index (χ2n) is 9.36. The van der Waals surface area contributed by atoms with Crippen molar-refractivity contribution in [2.24, 2.45) is 5.41 Å². The maximum atomic E-state index is 13.9. The molecule has 0 aliphatic rings. The molecular weight excluding hydrogens is 515 g/mol. The summed E-state index contributed by atoms with van der Waals surface area (Å²) in [6.45, 7) is 4.65. The Balaban J connectivity index is 2.04. The summed E-state index contributed by atoms with van der Waals surface area (Å²) >= 11 is 12.9. The molecule has 0 aliphatic carbocycles. The van der Waals surface area contributed by atoms with Crippen LogP contribution in [-0.2, 0) is 14.6 Å². The molecule has 1 N–H and O–H groups in total. The Bertz CT molecular complexity index is 1510. The molecule has 37 heavy (non-hydrogen) atoms. The molecule has 190 valence electrons. The molecule has 4 rings (SSSR count). The van der Waals surface area contributed by atoms with E-state index in [1.54, 1.807) is 99.6 Å². The molecule has 10 heteroatoms. The first-order chi connectivity index (χ1) is 17.5. The number of carbonyl (C=O) groups is 2. The molecule has 1 heterocycles. The fraction of sp³-hybridized carbons (Fsp3) is 0.185. The molecule has 1 unspecified atom stereocenters. The van der Waals surface area contributed by atoms with E-state index < -0.39 is 33.5 Å². The van der Waals surface area contributed by atoms with Crippen LogP contribution in [0, 0.1) is 5.41 Å². The fourth-order valence-electron chi connectivity index (χ4n) is 3.88. The third-order valence-corrected chi connectivity index (χ3v) is 6.37. The van der Waals surface area contributed by atoms with Crippen molar-refractivity contribution >= 4 is 40.6 Å². The lowest BCUT2D eigenvalue weighted by Crippen LogP contribution is -2.58. The summed E-state index contributed by atoms with van der Waals surface area (Å²) in [7, 11) is 0. The molecule has 1 amide bonds. The third kappa shape index (κ3) is 4.77. The predicted molar refractivity (Wildman–Crippen MR) is 144 cm³/mol. The summed E-state index contributed by atoms with van der Waals surface area (Å²) in [6.07, 6.45) is 0. The van der Waals surface area contributed by atoms with E-state index in [9.17, 15) is 19.2 Å². The van der Waals surface area contributed by atoms with Crippen LogP contribution < -0.4 is 16.7 Å². The highest BCUT2D eigenvalue weighted by Crippen LogP contribution is 2.33. The van der Waals surface area contributed by atoms with Crippen molar-refractivity contribution in [2.45, 2.75) is 25.8 Å². The predicted octanol–water partition coefficient (Wildman–Crippen LogP) is 4.59. The quantitative estimate of drug-likeness (QED) is 0.287. The van der Waals surface area contributed by atoms with E-state index in [1.807, 2.05) is 0 Å². The summed E-state index contributed by atoms with van der Waals surface area (Å²) in [4.78, 5) is 52.6. The van der Waals surface area contributed by atoms with Gasteiger partial charge in [0, 0.05) is 16.1 Å². The smallest absolute Gasteiger partial charge is 0.322 e. The molecule has 0 spiro atoms. The average molecular weight is 539 g/mol. The van der Waals surface area contributed by atoms with Crippen molar-refractivity contribution in [3.05, 3.63) is 111 Å². The minimum absolute atomic E-state index is 0.239. The maximum Gasteiger partial charge on any atom is 0.354 e. The molecule has 0 saturated carbocycles. The first kappa shape index (κ1) is 26.2. The minimum atomic E-state index is -2.72. The average Bonchev–Trinajstić information content (AvgIpc) is 3.13. The van der Waals surface area contributed by atoms with Gasteiger partial charge in [-0.1, -0.05) is 86.4 Å². The van der Waals surface area contributed by atoms with Gasteiger partial charge in [0.15, 0.2) is 5.78 Å². The van der Waals surface area contributed by atoms with Crippen LogP contribution in [0.3, 0.4) is 0 Å². The van der Waals surface area contributed by atoms with Gasteiger partial charge in [0.25, 0.3) is 10.9 Å². The highest BCUT2D eigenvalue weighted by Gasteiger charge is 2.53. The Kier molecular flexibility index (Phi) is 6.99. The number of ketones is 1. The number of halogens is 2. The molecule has 3 aromatic carbocycles. The lowest BCUT2D eigenvalue weighted by atomic mass is 9.85. The van der Waals surface area contributed by atoms with Crippen molar-refractivity contribution in [3.63, 3.8) is 0 Å². The van der Waals surface area contributed by atoms with E-state index >= 15 is 0 Å². The molecule has 0 radical (unpaired) electrons. The second kappa shape index (κ2) is 9.88. The van der Waals surface area contributed by atoms with Crippen molar-refractivity contribution in [1.82, 2.24) is 13.9 Å². The normalized spacial score (nSPS) is 13.1. The van der Waals surface area contributed by atoms with Crippen molar-refractivity contribution in [2.75, 3.05) is 5.32 Å². The van der Waals surface area contributed by atoms with Gasteiger partial charge in [-0.15, -0.1) is 0 Å². The molecule has 4 aromatic rings. The first-order valence-electron chi connectivity index (χ1n) is 11.4. The Morgan fingerprint density at radius 3 is 1.68 bits per heavy atom. The Morgan fingerprint density at radius 1 is 0.757 bits per heavy atom.